The topological polar surface area (TPSA) is 74.6 Å². The molecule has 0 aromatic carbocycles. The fourth-order valence-electron chi connectivity index (χ4n) is 0.626. The Kier molecular flexibility index (Phi) is 4.99. The van der Waals surface area contributed by atoms with Crippen molar-refractivity contribution < 1.29 is 19.8 Å². The van der Waals surface area contributed by atoms with E-state index in [9.17, 15) is 9.59 Å². The molecule has 2 N–H and O–H groups in total. The Bertz CT molecular complexity index is 269. The van der Waals surface area contributed by atoms with E-state index in [1.807, 2.05) is 0 Å². The van der Waals surface area contributed by atoms with E-state index in [-0.39, 0.29) is 24.0 Å². The molecule has 14 heavy (non-hydrogen) atoms. The molecule has 0 aromatic heterocycles. The normalized spacial score (nSPS) is 10.0. The van der Waals surface area contributed by atoms with Gasteiger partial charge < -0.3 is 10.2 Å². The van der Waals surface area contributed by atoms with Crippen LogP contribution in [0.4, 0.5) is 0 Å². The molecule has 4 nitrogen and oxygen atoms in total. The summed E-state index contributed by atoms with van der Waals surface area (Å²) in [4.78, 5) is 20.6. The molecule has 0 heterocycles. The van der Waals surface area contributed by atoms with E-state index in [1.54, 1.807) is 12.2 Å². The van der Waals surface area contributed by atoms with Gasteiger partial charge in [-0.1, -0.05) is 25.3 Å². The lowest BCUT2D eigenvalue weighted by atomic mass is 10.1. The lowest BCUT2D eigenvalue weighted by Gasteiger charge is -1.94. The van der Waals surface area contributed by atoms with Crippen LogP contribution < -0.4 is 0 Å². The van der Waals surface area contributed by atoms with Gasteiger partial charge in [-0.3, -0.25) is 0 Å². The fraction of sp³-hybridized carbons (Fsp3) is 0.200. The van der Waals surface area contributed by atoms with Crippen LogP contribution in [0.3, 0.4) is 0 Å². The number of aliphatic carboxylic acids is 2. The van der Waals surface area contributed by atoms with Crippen LogP contribution >= 0.6 is 0 Å². The zero-order chi connectivity index (χ0) is 11.1. The number of carboxylic acids is 2. The molecule has 0 atom stereocenters. The Morgan fingerprint density at radius 1 is 0.929 bits per heavy atom. The summed E-state index contributed by atoms with van der Waals surface area (Å²) in [5, 5.41) is 16.9. The van der Waals surface area contributed by atoms with Gasteiger partial charge in [0, 0.05) is 11.1 Å². The molecule has 0 aliphatic heterocycles. The van der Waals surface area contributed by atoms with E-state index in [0.29, 0.717) is 0 Å². The summed E-state index contributed by atoms with van der Waals surface area (Å²) in [6.45, 7) is 6.63. The molecule has 0 saturated heterocycles. The second kappa shape index (κ2) is 5.75. The highest BCUT2D eigenvalue weighted by Gasteiger charge is 2.01. The third-order valence-corrected chi connectivity index (χ3v) is 1.50. The second-order valence-corrected chi connectivity index (χ2v) is 2.70. The molecular formula is C10H12O4. The summed E-state index contributed by atoms with van der Waals surface area (Å²) in [6, 6.07) is 0. The van der Waals surface area contributed by atoms with E-state index in [1.165, 1.54) is 0 Å². The molecule has 0 aliphatic carbocycles. The summed E-state index contributed by atoms with van der Waals surface area (Å²) in [7, 11) is 0. The molecule has 0 amide bonds. The second-order valence-electron chi connectivity index (χ2n) is 2.70. The number of hydrogen-bond acceptors (Lipinski definition) is 2. The molecule has 0 spiro atoms. The maximum Gasteiger partial charge on any atom is 0.331 e. The minimum atomic E-state index is -1.05. The minimum Gasteiger partial charge on any atom is -0.478 e. The van der Waals surface area contributed by atoms with Gasteiger partial charge in [-0.25, -0.2) is 9.59 Å². The third-order valence-electron chi connectivity index (χ3n) is 1.50. The molecular weight excluding hydrogens is 184 g/mol. The first kappa shape index (κ1) is 12.2. The first-order valence-electron chi connectivity index (χ1n) is 3.92. The maximum atomic E-state index is 10.3. The Labute approximate surface area is 81.9 Å². The van der Waals surface area contributed by atoms with Crippen molar-refractivity contribution in [2.75, 3.05) is 0 Å². The number of hydrogen-bond donors (Lipinski definition) is 2. The Morgan fingerprint density at radius 3 is 1.43 bits per heavy atom. The first-order valence-corrected chi connectivity index (χ1v) is 3.92. The predicted molar refractivity (Wildman–Crippen MR) is 51.9 cm³/mol. The molecule has 0 fully saturated rings. The molecule has 4 heteroatoms. The molecule has 0 aromatic rings. The molecule has 0 aliphatic rings. The monoisotopic (exact) mass is 196 g/mol. The lowest BCUT2D eigenvalue weighted by Crippen LogP contribution is -1.98. The van der Waals surface area contributed by atoms with E-state index >= 15 is 0 Å². The zero-order valence-electron chi connectivity index (χ0n) is 7.69. The molecule has 0 radical (unpaired) electrons. The molecule has 0 unspecified atom stereocenters. The molecule has 76 valence electrons. The van der Waals surface area contributed by atoms with Crippen molar-refractivity contribution in [3.8, 4) is 0 Å². The van der Waals surface area contributed by atoms with E-state index in [0.717, 1.165) is 0 Å². The Morgan fingerprint density at radius 2 is 1.21 bits per heavy atom. The summed E-state index contributed by atoms with van der Waals surface area (Å²) in [5.74, 6) is -2.10. The van der Waals surface area contributed by atoms with Crippen LogP contribution in [-0.2, 0) is 9.59 Å². The third kappa shape index (κ3) is 4.92. The van der Waals surface area contributed by atoms with Crippen LogP contribution in [0, 0.1) is 0 Å². The minimum absolute atomic E-state index is 0.0715. The maximum absolute atomic E-state index is 10.3. The highest BCUT2D eigenvalue weighted by molar-refractivity contribution is 5.86. The fourth-order valence-corrected chi connectivity index (χ4v) is 0.626. The van der Waals surface area contributed by atoms with Gasteiger partial charge in [0.15, 0.2) is 0 Å². The summed E-state index contributed by atoms with van der Waals surface area (Å²) >= 11 is 0. The SMILES string of the molecule is C=C(C/C=C/CC(=C)C(=O)O)C(=O)O. The van der Waals surface area contributed by atoms with Crippen molar-refractivity contribution in [3.05, 3.63) is 36.5 Å². The van der Waals surface area contributed by atoms with Crippen LogP contribution in [0.2, 0.25) is 0 Å². The van der Waals surface area contributed by atoms with Gasteiger partial charge in [-0.05, 0) is 12.8 Å². The van der Waals surface area contributed by atoms with Crippen molar-refractivity contribution in [1.29, 1.82) is 0 Å². The summed E-state index contributed by atoms with van der Waals surface area (Å²) in [5.41, 5.74) is 0.143. The zero-order valence-corrected chi connectivity index (χ0v) is 7.69. The van der Waals surface area contributed by atoms with Crippen LogP contribution in [0.25, 0.3) is 0 Å². The standard InChI is InChI=1S/C10H12O4/c1-7(9(11)12)5-3-4-6-8(2)10(13)14/h3-4H,1-2,5-6H2,(H,11,12)(H,13,14)/b4-3+. The quantitative estimate of drug-likeness (QED) is 0.500. The van der Waals surface area contributed by atoms with Gasteiger partial charge in [-0.2, -0.15) is 0 Å². The van der Waals surface area contributed by atoms with Crippen molar-refractivity contribution in [3.63, 3.8) is 0 Å². The molecule has 0 rings (SSSR count). The first-order chi connectivity index (χ1) is 6.45. The van der Waals surface area contributed by atoms with Crippen molar-refractivity contribution in [2.45, 2.75) is 12.8 Å². The smallest absolute Gasteiger partial charge is 0.331 e. The Balaban J connectivity index is 3.86. The Hall–Kier alpha value is -1.84. The van der Waals surface area contributed by atoms with Crippen LogP contribution in [0.15, 0.2) is 36.5 Å². The van der Waals surface area contributed by atoms with E-state index in [2.05, 4.69) is 13.2 Å². The van der Waals surface area contributed by atoms with E-state index in [4.69, 9.17) is 10.2 Å². The van der Waals surface area contributed by atoms with Gasteiger partial charge in [-0.15, -0.1) is 0 Å². The van der Waals surface area contributed by atoms with Gasteiger partial charge >= 0.3 is 11.9 Å². The average molecular weight is 196 g/mol. The highest BCUT2D eigenvalue weighted by Crippen LogP contribution is 2.03. The summed E-state index contributed by atoms with van der Waals surface area (Å²) < 4.78 is 0. The van der Waals surface area contributed by atoms with Crippen LogP contribution in [0.5, 0.6) is 0 Å². The highest BCUT2D eigenvalue weighted by atomic mass is 16.4. The number of allylic oxidation sites excluding steroid dienone is 2. The number of carbonyl (C=O) groups is 2. The lowest BCUT2D eigenvalue weighted by molar-refractivity contribution is -0.133. The largest absolute Gasteiger partial charge is 0.478 e. The number of rotatable bonds is 6. The average Bonchev–Trinajstić information content (AvgIpc) is 2.11. The van der Waals surface area contributed by atoms with Crippen LogP contribution in [0.1, 0.15) is 12.8 Å². The number of carboxylic acid groups (broad SMARTS) is 2. The molecule has 0 bridgehead atoms. The summed E-state index contributed by atoms with van der Waals surface area (Å²) in [6.07, 6.45) is 3.54. The van der Waals surface area contributed by atoms with Gasteiger partial charge in [0.2, 0.25) is 0 Å². The van der Waals surface area contributed by atoms with Gasteiger partial charge in [0.1, 0.15) is 0 Å². The van der Waals surface area contributed by atoms with Crippen LogP contribution in [-0.4, -0.2) is 22.2 Å². The van der Waals surface area contributed by atoms with Crippen molar-refractivity contribution >= 4 is 11.9 Å². The van der Waals surface area contributed by atoms with Crippen molar-refractivity contribution in [1.82, 2.24) is 0 Å². The van der Waals surface area contributed by atoms with E-state index < -0.39 is 11.9 Å². The van der Waals surface area contributed by atoms with Gasteiger partial charge in [0.25, 0.3) is 0 Å². The predicted octanol–water partition coefficient (Wildman–Crippen LogP) is 1.60. The van der Waals surface area contributed by atoms with Gasteiger partial charge in [0.05, 0.1) is 0 Å². The van der Waals surface area contributed by atoms with Crippen molar-refractivity contribution in [2.24, 2.45) is 0 Å². The molecule has 0 saturated carbocycles.